The molecule has 1 atom stereocenters. The highest BCUT2D eigenvalue weighted by molar-refractivity contribution is 7.86. The van der Waals surface area contributed by atoms with Crippen molar-refractivity contribution in [1.82, 2.24) is 0 Å². The largest absolute Gasteiger partial charge is 0.772 e. The number of esters is 1. The van der Waals surface area contributed by atoms with Gasteiger partial charge < -0.3 is 9.29 Å². The van der Waals surface area contributed by atoms with E-state index in [0.29, 0.717) is 0 Å². The average molecular weight is 315 g/mol. The van der Waals surface area contributed by atoms with E-state index < -0.39 is 38.3 Å². The molecule has 0 radical (unpaired) electrons. The van der Waals surface area contributed by atoms with Crippen molar-refractivity contribution in [2.24, 2.45) is 5.41 Å². The van der Waals surface area contributed by atoms with Crippen LogP contribution in [0.1, 0.15) is 27.2 Å². The predicted octanol–water partition coefficient (Wildman–Crippen LogP) is 0.191. The van der Waals surface area contributed by atoms with Gasteiger partial charge in [0.15, 0.2) is 0 Å². The van der Waals surface area contributed by atoms with Crippen molar-refractivity contribution in [3.8, 4) is 0 Å². The Hall–Kier alpha value is -0.510. The molecule has 0 aromatic rings. The lowest BCUT2D eigenvalue weighted by Gasteiger charge is -2.21. The molecule has 0 saturated heterocycles. The van der Waals surface area contributed by atoms with Crippen molar-refractivity contribution in [3.63, 3.8) is 0 Å². The second kappa shape index (κ2) is 7.93. The Labute approximate surface area is 116 Å². The van der Waals surface area contributed by atoms with Crippen molar-refractivity contribution in [2.75, 3.05) is 24.7 Å². The monoisotopic (exact) mass is 315 g/mol. The molecule has 0 saturated carbocycles. The number of carbonyl (C=O) groups is 1. The summed E-state index contributed by atoms with van der Waals surface area (Å²) in [6.45, 7) is 4.52. The summed E-state index contributed by atoms with van der Waals surface area (Å²) in [5.74, 6) is -1.20. The third kappa shape index (κ3) is 8.30. The summed E-state index contributed by atoms with van der Waals surface area (Å²) in [4.78, 5) is 11.5. The van der Waals surface area contributed by atoms with E-state index in [9.17, 15) is 22.0 Å². The van der Waals surface area contributed by atoms with E-state index in [4.69, 9.17) is 8.92 Å². The van der Waals surface area contributed by atoms with Gasteiger partial charge in [-0.1, -0.05) is 11.1 Å². The maximum atomic E-state index is 11.5. The van der Waals surface area contributed by atoms with Gasteiger partial charge in [-0.15, -0.1) is 0 Å². The Morgan fingerprint density at radius 3 is 2.42 bits per heavy atom. The molecular weight excluding hydrogens is 296 g/mol. The van der Waals surface area contributed by atoms with Gasteiger partial charge in [-0.3, -0.25) is 13.2 Å². The van der Waals surface area contributed by atoms with E-state index in [1.54, 1.807) is 6.92 Å². The van der Waals surface area contributed by atoms with Crippen LogP contribution in [-0.4, -0.2) is 47.9 Å². The Morgan fingerprint density at radius 1 is 1.37 bits per heavy atom. The summed E-state index contributed by atoms with van der Waals surface area (Å²) in [7, 11) is -3.84. The highest BCUT2D eigenvalue weighted by atomic mass is 32.2. The van der Waals surface area contributed by atoms with Crippen LogP contribution in [0.5, 0.6) is 0 Å². The van der Waals surface area contributed by atoms with E-state index in [1.807, 2.05) is 0 Å². The summed E-state index contributed by atoms with van der Waals surface area (Å²) in [5, 5.41) is 0. The second-order valence-corrected chi connectivity index (χ2v) is 7.26. The summed E-state index contributed by atoms with van der Waals surface area (Å²) >= 11 is -2.28. The number of hydrogen-bond acceptors (Lipinski definition) is 7. The lowest BCUT2D eigenvalue weighted by atomic mass is 9.95. The topological polar surface area (TPSA) is 110 Å². The Kier molecular flexibility index (Phi) is 7.72. The molecule has 114 valence electrons. The van der Waals surface area contributed by atoms with Gasteiger partial charge in [0.1, 0.15) is 0 Å². The zero-order chi connectivity index (χ0) is 15.1. The summed E-state index contributed by atoms with van der Waals surface area (Å²) in [5.41, 5.74) is -1.08. The first-order valence-electron chi connectivity index (χ1n) is 5.71. The van der Waals surface area contributed by atoms with Crippen LogP contribution in [0.3, 0.4) is 0 Å². The maximum Gasteiger partial charge on any atom is 0.313 e. The van der Waals surface area contributed by atoms with Gasteiger partial charge >= 0.3 is 5.97 Å². The van der Waals surface area contributed by atoms with Crippen molar-refractivity contribution >= 4 is 27.2 Å². The van der Waals surface area contributed by atoms with Crippen LogP contribution in [0.15, 0.2) is 0 Å². The molecule has 0 amide bonds. The fraction of sp³-hybridized carbons (Fsp3) is 0.900. The van der Waals surface area contributed by atoms with Gasteiger partial charge in [0.2, 0.25) is 0 Å². The van der Waals surface area contributed by atoms with Crippen molar-refractivity contribution in [3.05, 3.63) is 0 Å². The fourth-order valence-corrected chi connectivity index (χ4v) is 2.69. The quantitative estimate of drug-likeness (QED) is 0.339. The Bertz CT molecular complexity index is 414. The van der Waals surface area contributed by atoms with Gasteiger partial charge in [-0.05, 0) is 27.2 Å². The van der Waals surface area contributed by atoms with Crippen molar-refractivity contribution < 1.29 is 30.9 Å². The first-order valence-corrected chi connectivity index (χ1v) is 8.53. The smallest absolute Gasteiger partial charge is 0.313 e. The van der Waals surface area contributed by atoms with Gasteiger partial charge in [-0.25, -0.2) is 0 Å². The standard InChI is InChI=1S/C10H20O7S2/c1-4-16-9(11)10(2,3)8-17-19(14,15)7-5-6-18(12)13/h4-8H2,1-3H3,(H,12,13)/p-1. The van der Waals surface area contributed by atoms with Crippen LogP contribution in [-0.2, 0) is 34.9 Å². The molecule has 0 heterocycles. The molecule has 0 aromatic heterocycles. The molecule has 7 nitrogen and oxygen atoms in total. The van der Waals surface area contributed by atoms with Gasteiger partial charge in [0, 0.05) is 5.75 Å². The van der Waals surface area contributed by atoms with E-state index in [2.05, 4.69) is 0 Å². The van der Waals surface area contributed by atoms with E-state index in [0.717, 1.165) is 0 Å². The highest BCUT2D eigenvalue weighted by Gasteiger charge is 2.31. The van der Waals surface area contributed by atoms with Crippen LogP contribution in [0, 0.1) is 5.41 Å². The molecule has 0 spiro atoms. The number of rotatable bonds is 9. The summed E-state index contributed by atoms with van der Waals surface area (Å²) in [6, 6.07) is 0. The first kappa shape index (κ1) is 18.5. The molecule has 0 aliphatic carbocycles. The average Bonchev–Trinajstić information content (AvgIpc) is 2.26. The fourth-order valence-electron chi connectivity index (χ4n) is 1.03. The minimum absolute atomic E-state index is 0.0434. The third-order valence-corrected chi connectivity index (χ3v) is 4.02. The van der Waals surface area contributed by atoms with Gasteiger partial charge in [-0.2, -0.15) is 8.42 Å². The van der Waals surface area contributed by atoms with E-state index in [-0.39, 0.29) is 25.4 Å². The number of ether oxygens (including phenoxy) is 1. The van der Waals surface area contributed by atoms with E-state index in [1.165, 1.54) is 13.8 Å². The van der Waals surface area contributed by atoms with E-state index >= 15 is 0 Å². The van der Waals surface area contributed by atoms with Gasteiger partial charge in [0.25, 0.3) is 10.1 Å². The first-order chi connectivity index (χ1) is 8.60. The summed E-state index contributed by atoms with van der Waals surface area (Å²) in [6.07, 6.45) is -0.0434. The molecule has 0 aliphatic rings. The van der Waals surface area contributed by atoms with Crippen LogP contribution in [0.25, 0.3) is 0 Å². The predicted molar refractivity (Wildman–Crippen MR) is 68.6 cm³/mol. The molecule has 19 heavy (non-hydrogen) atoms. The molecule has 0 rings (SSSR count). The van der Waals surface area contributed by atoms with Crippen molar-refractivity contribution in [2.45, 2.75) is 27.2 Å². The normalized spacial score (nSPS) is 14.1. The van der Waals surface area contributed by atoms with Crippen LogP contribution in [0.2, 0.25) is 0 Å². The molecular formula is C10H19O7S2-. The Balaban J connectivity index is 4.29. The molecule has 0 fully saturated rings. The zero-order valence-electron chi connectivity index (χ0n) is 11.2. The SMILES string of the molecule is CCOC(=O)C(C)(C)COS(=O)(=O)CCCS(=O)[O-]. The molecule has 0 bridgehead atoms. The van der Waals surface area contributed by atoms with Crippen LogP contribution in [0.4, 0.5) is 0 Å². The van der Waals surface area contributed by atoms with Gasteiger partial charge in [0.05, 0.1) is 24.4 Å². The zero-order valence-corrected chi connectivity index (χ0v) is 12.8. The third-order valence-electron chi connectivity index (χ3n) is 2.13. The molecule has 0 N–H and O–H groups in total. The highest BCUT2D eigenvalue weighted by Crippen LogP contribution is 2.19. The number of hydrogen-bond donors (Lipinski definition) is 0. The minimum atomic E-state index is -3.84. The van der Waals surface area contributed by atoms with Crippen LogP contribution >= 0.6 is 0 Å². The molecule has 0 aromatic carbocycles. The lowest BCUT2D eigenvalue weighted by molar-refractivity contribution is -0.154. The van der Waals surface area contributed by atoms with Crippen LogP contribution < -0.4 is 0 Å². The Morgan fingerprint density at radius 2 is 1.95 bits per heavy atom. The molecule has 1 unspecified atom stereocenters. The maximum absolute atomic E-state index is 11.5. The molecule has 0 aliphatic heterocycles. The number of carbonyl (C=O) groups excluding carboxylic acids is 1. The summed E-state index contributed by atoms with van der Waals surface area (Å²) < 4.78 is 53.0. The second-order valence-electron chi connectivity index (χ2n) is 4.49. The lowest BCUT2D eigenvalue weighted by Crippen LogP contribution is -2.33. The minimum Gasteiger partial charge on any atom is -0.772 e. The van der Waals surface area contributed by atoms with Crippen molar-refractivity contribution in [1.29, 1.82) is 0 Å². The molecule has 9 heteroatoms.